The Morgan fingerprint density at radius 3 is 2.29 bits per heavy atom. The van der Waals surface area contributed by atoms with Crippen molar-refractivity contribution in [1.29, 1.82) is 0 Å². The molecule has 0 heterocycles. The molecule has 0 aliphatic rings. The summed E-state index contributed by atoms with van der Waals surface area (Å²) in [5.41, 5.74) is 0. The zero-order valence-electron chi connectivity index (χ0n) is 4.78. The minimum atomic E-state index is 0.208. The maximum absolute atomic E-state index is 8.45. The van der Waals surface area contributed by atoms with E-state index in [1.54, 1.807) is 0 Å². The molecular weight excluding hydrogens is 88.1 g/mol. The van der Waals surface area contributed by atoms with Crippen molar-refractivity contribution in [3.05, 3.63) is 12.8 Å². The first kappa shape index (κ1) is 6.96. The molecule has 42 valence electrons. The molecule has 0 aromatic rings. The van der Waals surface area contributed by atoms with Crippen molar-refractivity contribution in [2.24, 2.45) is 0 Å². The van der Waals surface area contributed by atoms with Gasteiger partial charge < -0.3 is 5.11 Å². The monoisotopic (exact) mass is 100 g/mol. The second-order valence-corrected chi connectivity index (χ2v) is 1.51. The molecule has 0 aromatic carbocycles. The summed E-state index contributed by atoms with van der Waals surface area (Å²) in [6.07, 6.45) is 1.73. The van der Waals surface area contributed by atoms with Gasteiger partial charge in [-0.25, -0.2) is 0 Å². The quantitative estimate of drug-likeness (QED) is 0.564. The van der Waals surface area contributed by atoms with Gasteiger partial charge in [0.15, 0.2) is 0 Å². The van der Waals surface area contributed by atoms with Crippen LogP contribution in [0.15, 0.2) is 0 Å². The van der Waals surface area contributed by atoms with E-state index in [9.17, 15) is 0 Å². The van der Waals surface area contributed by atoms with Crippen LogP contribution in [0.1, 0.15) is 19.8 Å². The summed E-state index contributed by atoms with van der Waals surface area (Å²) in [6, 6.07) is 0. The number of aliphatic hydroxyl groups excluding tert-OH is 1. The molecule has 0 aromatic heterocycles. The summed E-state index contributed by atoms with van der Waals surface area (Å²) in [7, 11) is 0. The molecule has 0 saturated heterocycles. The first-order valence-corrected chi connectivity index (χ1v) is 2.58. The van der Waals surface area contributed by atoms with Crippen LogP contribution in [0.4, 0.5) is 0 Å². The van der Waals surface area contributed by atoms with Gasteiger partial charge in [0.05, 0.1) is 0 Å². The Kier molecular flexibility index (Phi) is 4.10. The second kappa shape index (κ2) is 4.13. The zero-order chi connectivity index (χ0) is 5.70. The van der Waals surface area contributed by atoms with Crippen LogP contribution in [-0.4, -0.2) is 11.7 Å². The molecule has 7 heavy (non-hydrogen) atoms. The standard InChI is InChI=1S/C6H12O/c1-3-6(4-2)5-7/h7H,1,3-5H2,2H3. The Morgan fingerprint density at radius 2 is 2.29 bits per heavy atom. The molecular formula is C6H12O. The summed E-state index contributed by atoms with van der Waals surface area (Å²) in [6.45, 7) is 5.86. The van der Waals surface area contributed by atoms with Crippen LogP contribution in [-0.2, 0) is 0 Å². The molecule has 0 amide bonds. The maximum Gasteiger partial charge on any atom is 0.0493 e. The third kappa shape index (κ3) is 2.63. The van der Waals surface area contributed by atoms with E-state index >= 15 is 0 Å². The lowest BCUT2D eigenvalue weighted by atomic mass is 10.1. The van der Waals surface area contributed by atoms with Crippen molar-refractivity contribution in [3.63, 3.8) is 0 Å². The zero-order valence-corrected chi connectivity index (χ0v) is 4.78. The van der Waals surface area contributed by atoms with Crippen LogP contribution >= 0.6 is 0 Å². The second-order valence-electron chi connectivity index (χ2n) is 1.51. The number of hydrogen-bond acceptors (Lipinski definition) is 1. The van der Waals surface area contributed by atoms with Gasteiger partial charge in [0, 0.05) is 12.5 Å². The van der Waals surface area contributed by atoms with E-state index < -0.39 is 0 Å². The average Bonchev–Trinajstić information content (AvgIpc) is 1.72. The van der Waals surface area contributed by atoms with E-state index in [4.69, 9.17) is 5.11 Å². The highest BCUT2D eigenvalue weighted by Crippen LogP contribution is 2.06. The summed E-state index contributed by atoms with van der Waals surface area (Å²) in [5, 5.41) is 8.45. The fourth-order valence-corrected chi connectivity index (χ4v) is 0.368. The average molecular weight is 100 g/mol. The topological polar surface area (TPSA) is 20.2 Å². The Hall–Kier alpha value is -0.0400. The van der Waals surface area contributed by atoms with Gasteiger partial charge >= 0.3 is 0 Å². The molecule has 0 aliphatic carbocycles. The van der Waals surface area contributed by atoms with Gasteiger partial charge in [0.2, 0.25) is 0 Å². The van der Waals surface area contributed by atoms with E-state index in [2.05, 4.69) is 6.92 Å². The molecule has 1 nitrogen and oxygen atoms in total. The minimum Gasteiger partial charge on any atom is -0.396 e. The van der Waals surface area contributed by atoms with Crippen molar-refractivity contribution in [3.8, 4) is 0 Å². The van der Waals surface area contributed by atoms with Crippen molar-refractivity contribution in [2.75, 3.05) is 6.61 Å². The van der Waals surface area contributed by atoms with E-state index in [1.807, 2.05) is 6.92 Å². The fraction of sp³-hybridized carbons (Fsp3) is 0.667. The first-order valence-electron chi connectivity index (χ1n) is 2.58. The van der Waals surface area contributed by atoms with Gasteiger partial charge in [-0.3, -0.25) is 0 Å². The number of rotatable bonds is 3. The molecule has 0 rings (SSSR count). The Labute approximate surface area is 45.4 Å². The van der Waals surface area contributed by atoms with E-state index in [0.717, 1.165) is 18.8 Å². The van der Waals surface area contributed by atoms with Gasteiger partial charge in [-0.2, -0.15) is 0 Å². The van der Waals surface area contributed by atoms with E-state index in [1.165, 1.54) is 0 Å². The van der Waals surface area contributed by atoms with Gasteiger partial charge in [-0.15, -0.1) is 0 Å². The normalized spacial score (nSPS) is 10.3. The molecule has 0 spiro atoms. The number of hydrogen-bond donors (Lipinski definition) is 1. The van der Waals surface area contributed by atoms with Crippen LogP contribution < -0.4 is 0 Å². The molecule has 0 bridgehead atoms. The van der Waals surface area contributed by atoms with Gasteiger partial charge in [0.1, 0.15) is 0 Å². The largest absolute Gasteiger partial charge is 0.396 e. The third-order valence-electron chi connectivity index (χ3n) is 1.08. The Bertz CT molecular complexity index is 25.7. The van der Waals surface area contributed by atoms with Gasteiger partial charge in [-0.1, -0.05) is 13.8 Å². The van der Waals surface area contributed by atoms with Crippen molar-refractivity contribution >= 4 is 0 Å². The lowest BCUT2D eigenvalue weighted by Gasteiger charge is -2.03. The predicted octanol–water partition coefficient (Wildman–Crippen LogP) is 1.19. The highest BCUT2D eigenvalue weighted by Gasteiger charge is 1.98. The van der Waals surface area contributed by atoms with Crippen LogP contribution in [0, 0.1) is 12.8 Å². The maximum atomic E-state index is 8.45. The summed E-state index contributed by atoms with van der Waals surface area (Å²) in [4.78, 5) is 0. The number of aliphatic hydroxyl groups is 1. The predicted molar refractivity (Wildman–Crippen MR) is 30.6 cm³/mol. The van der Waals surface area contributed by atoms with E-state index in [-0.39, 0.29) is 6.61 Å². The lowest BCUT2D eigenvalue weighted by Crippen LogP contribution is -1.98. The highest BCUT2D eigenvalue weighted by molar-refractivity contribution is 4.87. The van der Waals surface area contributed by atoms with Crippen LogP contribution in [0.3, 0.4) is 0 Å². The third-order valence-corrected chi connectivity index (χ3v) is 1.08. The molecule has 1 heteroatoms. The van der Waals surface area contributed by atoms with Crippen molar-refractivity contribution in [1.82, 2.24) is 0 Å². The van der Waals surface area contributed by atoms with E-state index in [0.29, 0.717) is 0 Å². The summed E-state index contributed by atoms with van der Waals surface area (Å²) in [5.74, 6) is 1.13. The Morgan fingerprint density at radius 1 is 1.71 bits per heavy atom. The molecule has 0 atom stereocenters. The van der Waals surface area contributed by atoms with Crippen molar-refractivity contribution < 1.29 is 5.11 Å². The minimum absolute atomic E-state index is 0.208. The molecule has 1 N–H and O–H groups in total. The molecule has 0 unspecified atom stereocenters. The molecule has 0 aliphatic heterocycles. The highest BCUT2D eigenvalue weighted by atomic mass is 16.3. The lowest BCUT2D eigenvalue weighted by molar-refractivity contribution is 0.300. The van der Waals surface area contributed by atoms with Gasteiger partial charge in [-0.05, 0) is 12.8 Å². The van der Waals surface area contributed by atoms with Crippen molar-refractivity contribution in [2.45, 2.75) is 19.8 Å². The van der Waals surface area contributed by atoms with Gasteiger partial charge in [0.25, 0.3) is 0 Å². The van der Waals surface area contributed by atoms with Crippen LogP contribution in [0.5, 0.6) is 0 Å². The summed E-state index contributed by atoms with van der Waals surface area (Å²) >= 11 is 0. The summed E-state index contributed by atoms with van der Waals surface area (Å²) < 4.78 is 0. The smallest absolute Gasteiger partial charge is 0.0493 e. The van der Waals surface area contributed by atoms with Crippen LogP contribution in [0.25, 0.3) is 0 Å². The molecule has 0 saturated carbocycles. The van der Waals surface area contributed by atoms with Crippen LogP contribution in [0.2, 0.25) is 0 Å². The Balaban J connectivity index is 2.99. The SMILES string of the molecule is [CH2]C[C](CC)CO. The molecule has 0 fully saturated rings. The first-order chi connectivity index (χ1) is 3.35. The molecule has 2 radical (unpaired) electrons. The fourth-order valence-electron chi connectivity index (χ4n) is 0.368.